The summed E-state index contributed by atoms with van der Waals surface area (Å²) in [4.78, 5) is 32.6. The predicted molar refractivity (Wildman–Crippen MR) is 160 cm³/mol. The number of methoxy groups -OCH3 is 1. The van der Waals surface area contributed by atoms with Crippen molar-refractivity contribution in [2.75, 3.05) is 18.6 Å². The first-order valence-electron chi connectivity index (χ1n) is 12.9. The number of halogens is 2. The van der Waals surface area contributed by atoms with E-state index in [0.717, 1.165) is 34.0 Å². The summed E-state index contributed by atoms with van der Waals surface area (Å²) < 4.78 is 20.5. The summed E-state index contributed by atoms with van der Waals surface area (Å²) in [7, 11) is 1.60. The lowest BCUT2D eigenvalue weighted by atomic mass is 9.98. The number of rotatable bonds is 7. The van der Waals surface area contributed by atoms with Crippen molar-refractivity contribution in [3.8, 4) is 11.4 Å². The van der Waals surface area contributed by atoms with E-state index in [-0.39, 0.29) is 23.0 Å². The number of ether oxygens (including phenoxy) is 1. The predicted octanol–water partition coefficient (Wildman–Crippen LogP) is 6.15. The average molecular weight is 607 g/mol. The van der Waals surface area contributed by atoms with Gasteiger partial charge in [-0.15, -0.1) is 11.8 Å². The van der Waals surface area contributed by atoms with Gasteiger partial charge in [0.05, 0.1) is 40.9 Å². The molecule has 1 unspecified atom stereocenters. The van der Waals surface area contributed by atoms with E-state index in [9.17, 15) is 14.0 Å². The number of hydrogen-bond donors (Lipinski definition) is 0. The molecule has 0 bridgehead atoms. The first-order chi connectivity index (χ1) is 19.9. The van der Waals surface area contributed by atoms with Gasteiger partial charge in [0, 0.05) is 23.6 Å². The molecule has 208 valence electrons. The number of aromatic nitrogens is 2. The zero-order valence-electron chi connectivity index (χ0n) is 21.9. The molecule has 0 spiro atoms. The van der Waals surface area contributed by atoms with Crippen LogP contribution in [0.25, 0.3) is 5.69 Å². The maximum Gasteiger partial charge on any atom is 0.272 e. The molecule has 1 atom stereocenters. The fourth-order valence-electron chi connectivity index (χ4n) is 4.84. The molecule has 1 amide bonds. The average Bonchev–Trinajstić information content (AvgIpc) is 3.65. The van der Waals surface area contributed by atoms with Crippen LogP contribution in [0.2, 0.25) is 5.02 Å². The van der Waals surface area contributed by atoms with E-state index in [4.69, 9.17) is 26.4 Å². The second-order valence-electron chi connectivity index (χ2n) is 9.46. The molecular weight excluding hydrogens is 583 g/mol. The minimum Gasteiger partial charge on any atom is -0.497 e. The zero-order valence-corrected chi connectivity index (χ0v) is 24.3. The highest BCUT2D eigenvalue weighted by Crippen LogP contribution is 2.35. The monoisotopic (exact) mass is 606 g/mol. The van der Waals surface area contributed by atoms with Gasteiger partial charge in [-0.3, -0.25) is 14.2 Å². The molecule has 0 saturated carbocycles. The molecule has 0 saturated heterocycles. The van der Waals surface area contributed by atoms with E-state index in [1.807, 2.05) is 24.3 Å². The van der Waals surface area contributed by atoms with Gasteiger partial charge in [0.1, 0.15) is 11.6 Å². The van der Waals surface area contributed by atoms with Crippen molar-refractivity contribution in [1.82, 2.24) is 14.6 Å². The number of fused-ring (bicyclic) bond motifs is 1. The van der Waals surface area contributed by atoms with Gasteiger partial charge in [0.15, 0.2) is 5.16 Å². The van der Waals surface area contributed by atoms with Crippen LogP contribution < -0.4 is 10.3 Å². The van der Waals surface area contributed by atoms with Crippen molar-refractivity contribution < 1.29 is 13.9 Å². The van der Waals surface area contributed by atoms with E-state index in [1.54, 1.807) is 48.1 Å². The molecule has 0 fully saturated rings. The molecule has 2 aliphatic rings. The number of carbonyl (C=O) groups is 1. The van der Waals surface area contributed by atoms with Gasteiger partial charge in [-0.2, -0.15) is 5.10 Å². The summed E-state index contributed by atoms with van der Waals surface area (Å²) in [5.74, 6) is 0.917. The molecule has 41 heavy (non-hydrogen) atoms. The van der Waals surface area contributed by atoms with Gasteiger partial charge in [-0.25, -0.2) is 14.4 Å². The normalized spacial score (nSPS) is 16.0. The number of hydrogen-bond acceptors (Lipinski definition) is 7. The number of benzene rings is 3. The number of carbonyl (C=O) groups excluding carboxylic acids is 1. The highest BCUT2D eigenvalue weighted by molar-refractivity contribution is 8.00. The van der Waals surface area contributed by atoms with Crippen LogP contribution in [-0.4, -0.2) is 44.8 Å². The van der Waals surface area contributed by atoms with Crippen molar-refractivity contribution in [2.24, 2.45) is 5.10 Å². The lowest BCUT2D eigenvalue weighted by Gasteiger charge is -2.22. The molecule has 7 nitrogen and oxygen atoms in total. The Balaban J connectivity index is 1.31. The highest BCUT2D eigenvalue weighted by atomic mass is 35.5. The van der Waals surface area contributed by atoms with E-state index < -0.39 is 6.04 Å². The Kier molecular flexibility index (Phi) is 7.88. The first-order valence-corrected chi connectivity index (χ1v) is 15.2. The van der Waals surface area contributed by atoms with Gasteiger partial charge in [0.2, 0.25) is 0 Å². The molecule has 11 heteroatoms. The second-order valence-corrected chi connectivity index (χ2v) is 11.9. The van der Waals surface area contributed by atoms with Crippen LogP contribution in [-0.2, 0) is 11.2 Å². The molecule has 4 aromatic rings. The number of amides is 1. The largest absolute Gasteiger partial charge is 0.497 e. The molecule has 6 rings (SSSR count). The van der Waals surface area contributed by atoms with Crippen molar-refractivity contribution in [1.29, 1.82) is 0 Å². The summed E-state index contributed by atoms with van der Waals surface area (Å²) in [6.07, 6.45) is 1.17. The standard InChI is InChI=1S/C30H24ClFN4O3S2/c1-39-23-12-4-18(5-13-23)25-16-26(19-2-8-21(32)9-3-19)36(34-25)27(37)17-41-30-33-24-14-15-40-28(24)29(38)35(30)22-10-6-20(31)7-11-22/h2-13,26H,14-17H2,1H3. The van der Waals surface area contributed by atoms with Crippen molar-refractivity contribution in [3.63, 3.8) is 0 Å². The summed E-state index contributed by atoms with van der Waals surface area (Å²) in [5, 5.41) is 7.17. The van der Waals surface area contributed by atoms with Gasteiger partial charge >= 0.3 is 0 Å². The Hall–Kier alpha value is -3.60. The third-order valence-electron chi connectivity index (χ3n) is 6.92. The van der Waals surface area contributed by atoms with Crippen LogP contribution in [0.15, 0.2) is 92.7 Å². The fraction of sp³-hybridized carbons (Fsp3) is 0.200. The van der Waals surface area contributed by atoms with Crippen LogP contribution in [0.4, 0.5) is 4.39 Å². The Morgan fingerprint density at radius 3 is 2.54 bits per heavy atom. The van der Waals surface area contributed by atoms with Crippen molar-refractivity contribution in [3.05, 3.63) is 111 Å². The van der Waals surface area contributed by atoms with Crippen LogP contribution in [0.3, 0.4) is 0 Å². The molecule has 2 aliphatic heterocycles. The van der Waals surface area contributed by atoms with Crippen LogP contribution >= 0.6 is 35.1 Å². The Morgan fingerprint density at radius 2 is 1.83 bits per heavy atom. The summed E-state index contributed by atoms with van der Waals surface area (Å²) in [5.41, 5.74) is 3.62. The minimum absolute atomic E-state index is 0.00302. The van der Waals surface area contributed by atoms with Crippen LogP contribution in [0, 0.1) is 5.82 Å². The molecule has 3 aromatic carbocycles. The van der Waals surface area contributed by atoms with Crippen molar-refractivity contribution >= 4 is 46.7 Å². The Bertz CT molecular complexity index is 1690. The molecule has 0 aliphatic carbocycles. The summed E-state index contributed by atoms with van der Waals surface area (Å²) in [6, 6.07) is 20.2. The number of nitrogens with zero attached hydrogens (tertiary/aromatic N) is 4. The fourth-order valence-corrected chi connectivity index (χ4v) is 6.87. The summed E-state index contributed by atoms with van der Waals surface area (Å²) >= 11 is 8.79. The van der Waals surface area contributed by atoms with E-state index >= 15 is 0 Å². The topological polar surface area (TPSA) is 76.8 Å². The molecule has 0 radical (unpaired) electrons. The lowest BCUT2D eigenvalue weighted by molar-refractivity contribution is -0.130. The molecule has 1 aromatic heterocycles. The summed E-state index contributed by atoms with van der Waals surface area (Å²) in [6.45, 7) is 0. The van der Waals surface area contributed by atoms with E-state index in [2.05, 4.69) is 0 Å². The Labute approximate surface area is 249 Å². The van der Waals surface area contributed by atoms with E-state index in [0.29, 0.717) is 33.6 Å². The van der Waals surface area contributed by atoms with Gasteiger partial charge < -0.3 is 4.74 Å². The van der Waals surface area contributed by atoms with Gasteiger partial charge in [-0.1, -0.05) is 35.5 Å². The van der Waals surface area contributed by atoms with Crippen molar-refractivity contribution in [2.45, 2.75) is 28.9 Å². The van der Waals surface area contributed by atoms with Crippen LogP contribution in [0.5, 0.6) is 5.75 Å². The van der Waals surface area contributed by atoms with E-state index in [1.165, 1.54) is 40.7 Å². The highest BCUT2D eigenvalue weighted by Gasteiger charge is 2.33. The Morgan fingerprint density at radius 1 is 1.10 bits per heavy atom. The second kappa shape index (κ2) is 11.7. The smallest absolute Gasteiger partial charge is 0.272 e. The maximum atomic E-state index is 13.7. The third kappa shape index (κ3) is 5.64. The SMILES string of the molecule is COc1ccc(C2=NN(C(=O)CSc3nc4c(c(=O)n3-c3ccc(Cl)cc3)SCC4)C(c3ccc(F)cc3)C2)cc1. The maximum absolute atomic E-state index is 13.7. The quantitative estimate of drug-likeness (QED) is 0.185. The zero-order chi connectivity index (χ0) is 28.5. The molecular formula is C30H24ClFN4O3S2. The third-order valence-corrected chi connectivity index (χ3v) is 9.20. The lowest BCUT2D eigenvalue weighted by Crippen LogP contribution is -2.29. The van der Waals surface area contributed by atoms with Crippen LogP contribution in [0.1, 0.15) is 29.3 Å². The molecule has 0 N–H and O–H groups in total. The first kappa shape index (κ1) is 27.6. The van der Waals surface area contributed by atoms with Gasteiger partial charge in [0.25, 0.3) is 11.5 Å². The number of thioether (sulfide) groups is 2. The van der Waals surface area contributed by atoms with Gasteiger partial charge in [-0.05, 0) is 71.8 Å². The molecule has 3 heterocycles. The number of hydrazone groups is 1. The minimum atomic E-state index is -0.399. The number of aryl methyl sites for hydroxylation is 1.